The lowest BCUT2D eigenvalue weighted by Crippen LogP contribution is -1.81. The summed E-state index contributed by atoms with van der Waals surface area (Å²) in [7, 11) is 0. The molecule has 0 radical (unpaired) electrons. The number of hydrogen-bond acceptors (Lipinski definition) is 1. The van der Waals surface area contributed by atoms with Crippen LogP contribution in [0, 0.1) is 11.8 Å². The average molecular weight is 328 g/mol. The van der Waals surface area contributed by atoms with E-state index in [1.54, 1.807) is 0 Å². The van der Waals surface area contributed by atoms with Crippen molar-refractivity contribution in [1.82, 2.24) is 9.55 Å². The molecule has 1 atom stereocenters. The predicted octanol–water partition coefficient (Wildman–Crippen LogP) is 3.59. The molecule has 76 valence electrons. The Kier molecular flexibility index (Phi) is 3.61. The van der Waals surface area contributed by atoms with Crippen LogP contribution in [0.5, 0.6) is 0 Å². The van der Waals surface area contributed by atoms with Gasteiger partial charge in [-0.1, -0.05) is 18.8 Å². The second-order valence-electron chi connectivity index (χ2n) is 3.07. The van der Waals surface area contributed by atoms with Crippen molar-refractivity contribution in [2.75, 3.05) is 0 Å². The van der Waals surface area contributed by atoms with E-state index in [1.807, 2.05) is 10.6 Å². The van der Waals surface area contributed by atoms with Crippen LogP contribution in [0.2, 0.25) is 0 Å². The molecule has 0 saturated heterocycles. The quantitative estimate of drug-likeness (QED) is 0.444. The molecule has 2 rings (SSSR count). The van der Waals surface area contributed by atoms with Gasteiger partial charge in [-0.3, -0.25) is 0 Å². The van der Waals surface area contributed by atoms with Crippen molar-refractivity contribution in [3.8, 4) is 11.8 Å². The van der Waals surface area contributed by atoms with Crippen LogP contribution in [-0.4, -0.2) is 9.55 Å². The molecule has 0 aliphatic heterocycles. The third-order valence-electron chi connectivity index (χ3n) is 2.06. The lowest BCUT2D eigenvalue weighted by molar-refractivity contribution is 1.04. The van der Waals surface area contributed by atoms with Gasteiger partial charge in [0.1, 0.15) is 0 Å². The summed E-state index contributed by atoms with van der Waals surface area (Å²) in [5.41, 5.74) is 2.26. The van der Waals surface area contributed by atoms with E-state index in [0.717, 1.165) is 12.0 Å². The largest absolute Gasteiger partial charge is 0.237 e. The smallest absolute Gasteiger partial charge is 0.0730 e. The first-order chi connectivity index (χ1) is 7.35. The number of hydrogen-bond donors (Lipinski definition) is 0. The van der Waals surface area contributed by atoms with E-state index < -0.39 is 0 Å². The average Bonchev–Trinajstić information content (AvgIpc) is 2.68. The Labute approximate surface area is 104 Å². The zero-order valence-electron chi connectivity index (χ0n) is 8.29. The SMILES string of the molecule is CCC#Cc1ccc2c(cnn2PI)c1. The number of rotatable bonds is 1. The topological polar surface area (TPSA) is 17.8 Å². The number of benzene rings is 1. The van der Waals surface area contributed by atoms with Crippen molar-refractivity contribution in [3.05, 3.63) is 30.0 Å². The van der Waals surface area contributed by atoms with Gasteiger partial charge in [-0.2, -0.15) is 5.10 Å². The molecule has 2 nitrogen and oxygen atoms in total. The van der Waals surface area contributed by atoms with Crippen LogP contribution in [0.3, 0.4) is 0 Å². The molecule has 0 fully saturated rings. The fourth-order valence-electron chi connectivity index (χ4n) is 1.37. The van der Waals surface area contributed by atoms with E-state index in [0.29, 0.717) is 6.37 Å². The van der Waals surface area contributed by atoms with Gasteiger partial charge in [0.15, 0.2) is 0 Å². The van der Waals surface area contributed by atoms with Gasteiger partial charge in [-0.05, 0) is 40.2 Å². The molecule has 2 aromatic rings. The fourth-order valence-corrected chi connectivity index (χ4v) is 2.92. The van der Waals surface area contributed by atoms with Crippen LogP contribution >= 0.6 is 28.4 Å². The second kappa shape index (κ2) is 4.96. The summed E-state index contributed by atoms with van der Waals surface area (Å²) in [5.74, 6) is 6.20. The molecule has 0 bridgehead atoms. The van der Waals surface area contributed by atoms with E-state index >= 15 is 0 Å². The first-order valence-corrected chi connectivity index (χ1v) is 8.74. The summed E-state index contributed by atoms with van der Waals surface area (Å²) in [6.45, 7) is 2.06. The number of aromatic nitrogens is 2. The predicted molar refractivity (Wildman–Crippen MR) is 74.6 cm³/mol. The molecule has 1 heterocycles. The van der Waals surface area contributed by atoms with Crippen molar-refractivity contribution in [3.63, 3.8) is 0 Å². The molecule has 0 N–H and O–H groups in total. The Hall–Kier alpha value is -0.590. The van der Waals surface area contributed by atoms with E-state index in [1.165, 1.54) is 10.9 Å². The van der Waals surface area contributed by atoms with E-state index in [-0.39, 0.29) is 0 Å². The van der Waals surface area contributed by atoms with Gasteiger partial charge in [0.05, 0.1) is 18.1 Å². The lowest BCUT2D eigenvalue weighted by atomic mass is 10.1. The molecule has 0 spiro atoms. The summed E-state index contributed by atoms with van der Waals surface area (Å²) < 4.78 is 2.01. The summed E-state index contributed by atoms with van der Waals surface area (Å²) in [4.78, 5) is 0. The maximum Gasteiger partial charge on any atom is 0.0730 e. The van der Waals surface area contributed by atoms with Crippen molar-refractivity contribution in [2.45, 2.75) is 13.3 Å². The highest BCUT2D eigenvalue weighted by atomic mass is 127. The Balaban J connectivity index is 2.48. The van der Waals surface area contributed by atoms with E-state index in [4.69, 9.17) is 0 Å². The highest BCUT2D eigenvalue weighted by Crippen LogP contribution is 2.28. The van der Waals surface area contributed by atoms with Crippen molar-refractivity contribution in [2.24, 2.45) is 0 Å². The van der Waals surface area contributed by atoms with Crippen LogP contribution < -0.4 is 0 Å². The van der Waals surface area contributed by atoms with Crippen LogP contribution in [0.1, 0.15) is 18.9 Å². The minimum absolute atomic E-state index is 0.646. The molecule has 0 aliphatic rings. The first-order valence-electron chi connectivity index (χ1n) is 4.68. The van der Waals surface area contributed by atoms with E-state index in [9.17, 15) is 0 Å². The number of fused-ring (bicyclic) bond motifs is 1. The van der Waals surface area contributed by atoms with Crippen molar-refractivity contribution >= 4 is 39.3 Å². The summed E-state index contributed by atoms with van der Waals surface area (Å²) in [6, 6.07) is 6.24. The molecular weight excluding hydrogens is 318 g/mol. The molecule has 0 saturated carbocycles. The summed E-state index contributed by atoms with van der Waals surface area (Å²) in [6.07, 6.45) is 3.44. The van der Waals surface area contributed by atoms with Crippen molar-refractivity contribution in [1.29, 1.82) is 0 Å². The summed E-state index contributed by atoms with van der Waals surface area (Å²) >= 11 is 2.33. The Morgan fingerprint density at radius 3 is 3.13 bits per heavy atom. The molecule has 1 aromatic carbocycles. The van der Waals surface area contributed by atoms with Gasteiger partial charge in [0, 0.05) is 17.4 Å². The highest BCUT2D eigenvalue weighted by Gasteiger charge is 2.01. The minimum Gasteiger partial charge on any atom is -0.237 e. The van der Waals surface area contributed by atoms with Gasteiger partial charge in [-0.15, -0.1) is 0 Å². The number of halogens is 1. The Morgan fingerprint density at radius 1 is 1.53 bits per heavy atom. The third kappa shape index (κ3) is 2.32. The van der Waals surface area contributed by atoms with Gasteiger partial charge in [0.2, 0.25) is 0 Å². The molecule has 1 unspecified atom stereocenters. The van der Waals surface area contributed by atoms with Crippen LogP contribution in [0.25, 0.3) is 10.9 Å². The van der Waals surface area contributed by atoms with Gasteiger partial charge in [0.25, 0.3) is 0 Å². The standard InChI is InChI=1S/C11H10IN2P/c1-2-3-4-9-5-6-11-10(7-9)8-13-14(11)15-12/h5-8,15H,2H2,1H3. The molecule has 1 aromatic heterocycles. The lowest BCUT2D eigenvalue weighted by Gasteiger charge is -1.96. The zero-order chi connectivity index (χ0) is 10.7. The van der Waals surface area contributed by atoms with Crippen LogP contribution in [0.4, 0.5) is 0 Å². The maximum absolute atomic E-state index is 4.31. The molecule has 15 heavy (non-hydrogen) atoms. The Bertz CT molecular complexity index is 536. The van der Waals surface area contributed by atoms with Crippen molar-refractivity contribution < 1.29 is 0 Å². The first kappa shape index (κ1) is 10.9. The number of nitrogens with zero attached hydrogens (tertiary/aromatic N) is 2. The fraction of sp³-hybridized carbons (Fsp3) is 0.182. The minimum atomic E-state index is 0.646. The van der Waals surface area contributed by atoms with Crippen LogP contribution in [0.15, 0.2) is 24.4 Å². The summed E-state index contributed by atoms with van der Waals surface area (Å²) in [5, 5.41) is 5.48. The maximum atomic E-state index is 4.31. The third-order valence-corrected chi connectivity index (χ3v) is 3.94. The normalized spacial score (nSPS) is 10.8. The zero-order valence-corrected chi connectivity index (χ0v) is 11.4. The van der Waals surface area contributed by atoms with Gasteiger partial charge >= 0.3 is 0 Å². The molecule has 4 heteroatoms. The molecule has 0 amide bonds. The van der Waals surface area contributed by atoms with Crippen LogP contribution in [-0.2, 0) is 0 Å². The molecular formula is C11H10IN2P. The van der Waals surface area contributed by atoms with E-state index in [2.05, 4.69) is 64.1 Å². The van der Waals surface area contributed by atoms with Gasteiger partial charge in [-0.25, -0.2) is 4.45 Å². The second-order valence-corrected chi connectivity index (χ2v) is 5.11. The Morgan fingerprint density at radius 2 is 2.40 bits per heavy atom. The highest BCUT2D eigenvalue weighted by molar-refractivity contribution is 14.2. The van der Waals surface area contributed by atoms with Gasteiger partial charge < -0.3 is 0 Å². The molecule has 0 aliphatic carbocycles. The monoisotopic (exact) mass is 328 g/mol.